The summed E-state index contributed by atoms with van der Waals surface area (Å²) in [5.41, 5.74) is 1.58. The van der Waals surface area contributed by atoms with Crippen molar-refractivity contribution < 1.29 is 27.4 Å². The summed E-state index contributed by atoms with van der Waals surface area (Å²) < 4.78 is 45.4. The molecule has 1 atom stereocenters. The highest BCUT2D eigenvalue weighted by atomic mass is 32.2. The number of rotatable bonds is 8. The van der Waals surface area contributed by atoms with Gasteiger partial charge in [-0.2, -0.15) is 0 Å². The van der Waals surface area contributed by atoms with E-state index in [4.69, 9.17) is 19.8 Å². The van der Waals surface area contributed by atoms with E-state index in [2.05, 4.69) is 15.5 Å². The highest BCUT2D eigenvalue weighted by molar-refractivity contribution is 7.92. The number of hydrogen-bond donors (Lipinski definition) is 3. The van der Waals surface area contributed by atoms with Gasteiger partial charge in [0.1, 0.15) is 16.4 Å². The SMILES string of the molecule is C[C@H]1COCCN1c1cc(C2(S(=O)(=O)c3ccc(F)cc3)CC2)nc(-c2ccc(NC(=O)NCCO)cc2)n1. The molecule has 2 amide bonds. The lowest BCUT2D eigenvalue weighted by Crippen LogP contribution is -2.44. The Morgan fingerprint density at radius 2 is 1.87 bits per heavy atom. The van der Waals surface area contributed by atoms with Gasteiger partial charge in [-0.3, -0.25) is 0 Å². The molecule has 2 aromatic carbocycles. The summed E-state index contributed by atoms with van der Waals surface area (Å²) in [5.74, 6) is 0.463. The Kier molecular flexibility index (Phi) is 7.52. The predicted molar refractivity (Wildman–Crippen MR) is 144 cm³/mol. The Hall–Kier alpha value is -3.61. The standard InChI is InChI=1S/C27H30FN5O5S/c1-18-17-38-15-13-33(18)24-16-23(27(10-11-27)39(36,37)22-8-4-20(28)5-9-22)31-25(32-24)19-2-6-21(7-3-19)30-26(35)29-12-14-34/h2-9,16,18,34H,10-15,17H2,1H3,(H2,29,30,35)/t18-/m0/s1. The van der Waals surface area contributed by atoms with Gasteiger partial charge in [0.15, 0.2) is 15.7 Å². The van der Waals surface area contributed by atoms with Gasteiger partial charge < -0.3 is 25.4 Å². The van der Waals surface area contributed by atoms with Crippen LogP contribution in [0.2, 0.25) is 0 Å². The van der Waals surface area contributed by atoms with Crippen LogP contribution in [-0.2, 0) is 19.3 Å². The first-order valence-electron chi connectivity index (χ1n) is 12.7. The number of aromatic nitrogens is 2. The fourth-order valence-corrected chi connectivity index (χ4v) is 6.64. The number of amides is 2. The minimum atomic E-state index is -3.86. The molecular weight excluding hydrogens is 525 g/mol. The summed E-state index contributed by atoms with van der Waals surface area (Å²) in [7, 11) is -3.86. The molecule has 0 unspecified atom stereocenters. The summed E-state index contributed by atoms with van der Waals surface area (Å²) in [6.45, 7) is 3.63. The highest BCUT2D eigenvalue weighted by Gasteiger charge is 2.58. The summed E-state index contributed by atoms with van der Waals surface area (Å²) in [6.07, 6.45) is 0.792. The van der Waals surface area contributed by atoms with Crippen molar-refractivity contribution in [3.05, 3.63) is 66.1 Å². The molecule has 1 saturated carbocycles. The van der Waals surface area contributed by atoms with Crippen LogP contribution in [-0.4, -0.2) is 68.5 Å². The third kappa shape index (κ3) is 5.45. The van der Waals surface area contributed by atoms with E-state index in [1.807, 2.05) is 6.92 Å². The van der Waals surface area contributed by atoms with E-state index >= 15 is 0 Å². The van der Waals surface area contributed by atoms with E-state index in [1.54, 1.807) is 30.3 Å². The smallest absolute Gasteiger partial charge is 0.319 e. The lowest BCUT2D eigenvalue weighted by atomic mass is 10.1. The number of aliphatic hydroxyl groups excluding tert-OH is 1. The third-order valence-electron chi connectivity index (χ3n) is 6.98. The number of urea groups is 1. The monoisotopic (exact) mass is 555 g/mol. The topological polar surface area (TPSA) is 134 Å². The predicted octanol–water partition coefficient (Wildman–Crippen LogP) is 3.08. The Labute approximate surface area is 226 Å². The van der Waals surface area contributed by atoms with Gasteiger partial charge in [0, 0.05) is 30.4 Å². The van der Waals surface area contributed by atoms with E-state index in [-0.39, 0.29) is 24.1 Å². The van der Waals surface area contributed by atoms with Gasteiger partial charge in [0.05, 0.1) is 36.5 Å². The molecule has 1 aromatic heterocycles. The van der Waals surface area contributed by atoms with Crippen LogP contribution in [0.25, 0.3) is 11.4 Å². The van der Waals surface area contributed by atoms with Crippen LogP contribution in [0, 0.1) is 5.82 Å². The average molecular weight is 556 g/mol. The van der Waals surface area contributed by atoms with Crippen molar-refractivity contribution in [2.75, 3.05) is 43.1 Å². The average Bonchev–Trinajstić information content (AvgIpc) is 3.76. The molecular formula is C27H30FN5O5S. The number of nitrogens with zero attached hydrogens (tertiary/aromatic N) is 3. The first kappa shape index (κ1) is 27.0. The van der Waals surface area contributed by atoms with Crippen molar-refractivity contribution in [3.63, 3.8) is 0 Å². The van der Waals surface area contributed by atoms with Crippen LogP contribution < -0.4 is 15.5 Å². The number of benzene rings is 2. The second-order valence-corrected chi connectivity index (χ2v) is 11.9. The van der Waals surface area contributed by atoms with E-state index < -0.39 is 26.4 Å². The summed E-state index contributed by atoms with van der Waals surface area (Å²) >= 11 is 0. The van der Waals surface area contributed by atoms with Crippen molar-refractivity contribution in [1.82, 2.24) is 15.3 Å². The van der Waals surface area contributed by atoms with Crippen LogP contribution >= 0.6 is 0 Å². The molecule has 1 aliphatic carbocycles. The molecule has 12 heteroatoms. The molecule has 2 aliphatic rings. The number of morpholine rings is 1. The zero-order valence-corrected chi connectivity index (χ0v) is 22.2. The fraction of sp³-hybridized carbons (Fsp3) is 0.370. The molecule has 3 N–H and O–H groups in total. The maximum absolute atomic E-state index is 13.8. The molecule has 2 heterocycles. The molecule has 10 nitrogen and oxygen atoms in total. The van der Waals surface area contributed by atoms with Gasteiger partial charge in [-0.05, 0) is 68.3 Å². The lowest BCUT2D eigenvalue weighted by Gasteiger charge is -2.34. The number of ether oxygens (including phenoxy) is 1. The number of carbonyl (C=O) groups excluding carboxylic acids is 1. The number of carbonyl (C=O) groups is 1. The fourth-order valence-electron chi connectivity index (χ4n) is 4.67. The Balaban J connectivity index is 1.53. The maximum Gasteiger partial charge on any atom is 0.319 e. The summed E-state index contributed by atoms with van der Waals surface area (Å²) in [5, 5.41) is 14.1. The van der Waals surface area contributed by atoms with Gasteiger partial charge in [0.25, 0.3) is 0 Å². The van der Waals surface area contributed by atoms with E-state index in [0.717, 1.165) is 12.1 Å². The minimum Gasteiger partial charge on any atom is -0.395 e. The molecule has 5 rings (SSSR count). The van der Waals surface area contributed by atoms with Crippen molar-refractivity contribution in [2.45, 2.75) is 35.4 Å². The van der Waals surface area contributed by atoms with Crippen LogP contribution in [0.15, 0.2) is 59.5 Å². The molecule has 0 spiro atoms. The second-order valence-electron chi connectivity index (χ2n) is 9.69. The largest absolute Gasteiger partial charge is 0.395 e. The number of sulfone groups is 1. The Morgan fingerprint density at radius 3 is 2.51 bits per heavy atom. The van der Waals surface area contributed by atoms with E-state index in [0.29, 0.717) is 61.2 Å². The summed E-state index contributed by atoms with van der Waals surface area (Å²) in [6, 6.07) is 13.1. The second kappa shape index (κ2) is 10.9. The molecule has 0 radical (unpaired) electrons. The van der Waals surface area contributed by atoms with Crippen molar-refractivity contribution in [1.29, 1.82) is 0 Å². The molecule has 0 bridgehead atoms. The Bertz CT molecular complexity index is 1450. The number of halogens is 1. The quantitative estimate of drug-likeness (QED) is 0.361. The first-order chi connectivity index (χ1) is 18.7. The Morgan fingerprint density at radius 1 is 1.15 bits per heavy atom. The van der Waals surface area contributed by atoms with Crippen LogP contribution in [0.5, 0.6) is 0 Å². The minimum absolute atomic E-state index is 0.0298. The molecule has 3 aromatic rings. The van der Waals surface area contributed by atoms with Gasteiger partial charge in [-0.1, -0.05) is 0 Å². The maximum atomic E-state index is 13.8. The van der Waals surface area contributed by atoms with Gasteiger partial charge in [0.2, 0.25) is 0 Å². The van der Waals surface area contributed by atoms with Gasteiger partial charge in [-0.25, -0.2) is 27.6 Å². The first-order valence-corrected chi connectivity index (χ1v) is 14.2. The van der Waals surface area contributed by atoms with E-state index in [1.165, 1.54) is 12.1 Å². The van der Waals surface area contributed by atoms with Crippen LogP contribution in [0.3, 0.4) is 0 Å². The highest BCUT2D eigenvalue weighted by Crippen LogP contribution is 2.55. The number of anilines is 2. The van der Waals surface area contributed by atoms with E-state index in [9.17, 15) is 17.6 Å². The van der Waals surface area contributed by atoms with Crippen molar-refractivity contribution in [3.8, 4) is 11.4 Å². The summed E-state index contributed by atoms with van der Waals surface area (Å²) in [4.78, 5) is 23.6. The lowest BCUT2D eigenvalue weighted by molar-refractivity contribution is 0.0985. The number of aliphatic hydroxyl groups is 1. The zero-order chi connectivity index (χ0) is 27.6. The van der Waals surface area contributed by atoms with Gasteiger partial charge in [-0.15, -0.1) is 0 Å². The molecule has 1 saturated heterocycles. The zero-order valence-electron chi connectivity index (χ0n) is 21.4. The van der Waals surface area contributed by atoms with Crippen molar-refractivity contribution in [2.24, 2.45) is 0 Å². The number of hydrogen-bond acceptors (Lipinski definition) is 8. The molecule has 2 fully saturated rings. The van der Waals surface area contributed by atoms with Crippen molar-refractivity contribution >= 4 is 27.4 Å². The molecule has 206 valence electrons. The van der Waals surface area contributed by atoms with Crippen LogP contribution in [0.1, 0.15) is 25.5 Å². The third-order valence-corrected chi connectivity index (χ3v) is 9.52. The van der Waals surface area contributed by atoms with Crippen LogP contribution in [0.4, 0.5) is 20.7 Å². The van der Waals surface area contributed by atoms with Gasteiger partial charge >= 0.3 is 6.03 Å². The molecule has 1 aliphatic heterocycles. The normalized spacial score (nSPS) is 18.4. The molecule has 39 heavy (non-hydrogen) atoms. The number of nitrogens with one attached hydrogen (secondary N) is 2.